The Kier molecular flexibility index (Phi) is 4.21. The summed E-state index contributed by atoms with van der Waals surface area (Å²) in [5, 5.41) is 7.05. The Morgan fingerprint density at radius 2 is 2.17 bits per heavy atom. The van der Waals surface area contributed by atoms with E-state index in [-0.39, 0.29) is 24.2 Å². The maximum absolute atomic E-state index is 12.4. The molecule has 1 unspecified atom stereocenters. The van der Waals surface area contributed by atoms with Gasteiger partial charge in [-0.15, -0.1) is 0 Å². The highest BCUT2D eigenvalue weighted by Crippen LogP contribution is 2.28. The molecule has 1 fully saturated rings. The Morgan fingerprint density at radius 1 is 1.39 bits per heavy atom. The third-order valence-corrected chi connectivity index (χ3v) is 4.36. The molecule has 2 heterocycles. The minimum absolute atomic E-state index is 0.0376. The van der Waals surface area contributed by atoms with Crippen molar-refractivity contribution in [3.8, 4) is 0 Å². The zero-order valence-electron chi connectivity index (χ0n) is 12.9. The minimum atomic E-state index is -0.364. The van der Waals surface area contributed by atoms with Crippen LogP contribution in [-0.2, 0) is 16.6 Å². The molecule has 0 aliphatic carbocycles. The first-order valence-corrected chi connectivity index (χ1v) is 8.11. The van der Waals surface area contributed by atoms with Crippen LogP contribution in [0.2, 0.25) is 0 Å². The van der Waals surface area contributed by atoms with Crippen LogP contribution >= 0.6 is 15.9 Å². The molecule has 0 spiro atoms. The predicted molar refractivity (Wildman–Crippen MR) is 91.2 cm³/mol. The first-order valence-electron chi connectivity index (χ1n) is 7.31. The second-order valence-electron chi connectivity index (χ2n) is 5.67. The maximum Gasteiger partial charge on any atom is 0.230 e. The molecule has 1 N–H and O–H groups in total. The van der Waals surface area contributed by atoms with Crippen LogP contribution in [0.1, 0.15) is 12.1 Å². The SMILES string of the molecule is Cc1cc(NC(=O)C2CC(=O)N(c3cccc(Br)c3)C2)n(C)n1. The number of halogens is 1. The van der Waals surface area contributed by atoms with Crippen molar-refractivity contribution in [3.05, 3.63) is 40.5 Å². The first-order chi connectivity index (χ1) is 10.9. The van der Waals surface area contributed by atoms with E-state index in [1.54, 1.807) is 22.7 Å². The van der Waals surface area contributed by atoms with Crippen molar-refractivity contribution in [2.45, 2.75) is 13.3 Å². The highest BCUT2D eigenvalue weighted by molar-refractivity contribution is 9.10. The maximum atomic E-state index is 12.4. The number of aryl methyl sites for hydroxylation is 2. The molecule has 6 nitrogen and oxygen atoms in total. The third-order valence-electron chi connectivity index (χ3n) is 3.87. The van der Waals surface area contributed by atoms with Crippen molar-refractivity contribution in [3.63, 3.8) is 0 Å². The standard InChI is InChI=1S/C16H17BrN4O2/c1-10-6-14(20(2)19-10)18-16(23)11-7-15(22)21(9-11)13-5-3-4-12(17)8-13/h3-6,8,11H,7,9H2,1-2H3,(H,18,23). The predicted octanol–water partition coefficient (Wildman–Crippen LogP) is 2.48. The van der Waals surface area contributed by atoms with Gasteiger partial charge in [-0.2, -0.15) is 5.10 Å². The van der Waals surface area contributed by atoms with E-state index >= 15 is 0 Å². The number of rotatable bonds is 3. The molecule has 2 amide bonds. The van der Waals surface area contributed by atoms with Crippen LogP contribution in [0.15, 0.2) is 34.8 Å². The summed E-state index contributed by atoms with van der Waals surface area (Å²) >= 11 is 3.40. The molecule has 1 aliphatic rings. The van der Waals surface area contributed by atoms with Crippen LogP contribution in [0.3, 0.4) is 0 Å². The molecular formula is C16H17BrN4O2. The van der Waals surface area contributed by atoms with Gasteiger partial charge in [0, 0.05) is 36.2 Å². The lowest BCUT2D eigenvalue weighted by Gasteiger charge is -2.17. The second-order valence-corrected chi connectivity index (χ2v) is 6.58. The Bertz CT molecular complexity index is 771. The molecule has 1 aliphatic heterocycles. The first kappa shape index (κ1) is 15.7. The van der Waals surface area contributed by atoms with Gasteiger partial charge in [-0.3, -0.25) is 14.3 Å². The largest absolute Gasteiger partial charge is 0.312 e. The fourth-order valence-corrected chi connectivity index (χ4v) is 3.12. The summed E-state index contributed by atoms with van der Waals surface area (Å²) < 4.78 is 2.52. The molecule has 23 heavy (non-hydrogen) atoms. The van der Waals surface area contributed by atoms with Crippen LogP contribution in [0.25, 0.3) is 0 Å². The van der Waals surface area contributed by atoms with Crippen molar-refractivity contribution >= 4 is 39.2 Å². The van der Waals surface area contributed by atoms with Crippen molar-refractivity contribution < 1.29 is 9.59 Å². The van der Waals surface area contributed by atoms with E-state index in [1.807, 2.05) is 31.2 Å². The van der Waals surface area contributed by atoms with Gasteiger partial charge in [0.05, 0.1) is 11.6 Å². The number of hydrogen-bond donors (Lipinski definition) is 1. The summed E-state index contributed by atoms with van der Waals surface area (Å²) in [7, 11) is 1.77. The minimum Gasteiger partial charge on any atom is -0.312 e. The molecule has 1 saturated heterocycles. The number of anilines is 2. The Hall–Kier alpha value is -2.15. The van der Waals surface area contributed by atoms with Crippen LogP contribution in [-0.4, -0.2) is 28.1 Å². The van der Waals surface area contributed by atoms with Crippen LogP contribution in [0.5, 0.6) is 0 Å². The van der Waals surface area contributed by atoms with E-state index in [1.165, 1.54) is 0 Å². The molecule has 3 rings (SSSR count). The lowest BCUT2D eigenvalue weighted by Crippen LogP contribution is -2.28. The number of nitrogens with zero attached hydrogens (tertiary/aromatic N) is 3. The lowest BCUT2D eigenvalue weighted by atomic mass is 10.1. The van der Waals surface area contributed by atoms with Gasteiger partial charge in [-0.25, -0.2) is 0 Å². The number of carbonyl (C=O) groups is 2. The Morgan fingerprint density at radius 3 is 2.83 bits per heavy atom. The van der Waals surface area contributed by atoms with Crippen molar-refractivity contribution in [2.75, 3.05) is 16.8 Å². The van der Waals surface area contributed by atoms with Crippen molar-refractivity contribution in [1.29, 1.82) is 0 Å². The van der Waals surface area contributed by atoms with Crippen molar-refractivity contribution in [2.24, 2.45) is 13.0 Å². The van der Waals surface area contributed by atoms with Crippen molar-refractivity contribution in [1.82, 2.24) is 9.78 Å². The molecule has 0 saturated carbocycles. The summed E-state index contributed by atoms with van der Waals surface area (Å²) in [6.07, 6.45) is 0.217. The molecule has 120 valence electrons. The quantitative estimate of drug-likeness (QED) is 0.894. The number of aromatic nitrogens is 2. The fourth-order valence-electron chi connectivity index (χ4n) is 2.73. The normalized spacial score (nSPS) is 17.6. The summed E-state index contributed by atoms with van der Waals surface area (Å²) in [5.41, 5.74) is 1.64. The van der Waals surface area contributed by atoms with Gasteiger partial charge in [0.25, 0.3) is 0 Å². The van der Waals surface area contributed by atoms with Gasteiger partial charge in [-0.05, 0) is 25.1 Å². The number of hydrogen-bond acceptors (Lipinski definition) is 3. The van der Waals surface area contributed by atoms with Gasteiger partial charge in [0.2, 0.25) is 11.8 Å². The molecule has 0 radical (unpaired) electrons. The van der Waals surface area contributed by atoms with Crippen LogP contribution in [0.4, 0.5) is 11.5 Å². The molecular weight excluding hydrogens is 360 g/mol. The van der Waals surface area contributed by atoms with E-state index in [2.05, 4.69) is 26.3 Å². The second kappa shape index (κ2) is 6.16. The zero-order valence-corrected chi connectivity index (χ0v) is 14.5. The number of nitrogens with one attached hydrogen (secondary N) is 1. The summed E-state index contributed by atoms with van der Waals surface area (Å²) in [5.74, 6) is 0.0841. The molecule has 0 bridgehead atoms. The third kappa shape index (κ3) is 3.29. The smallest absolute Gasteiger partial charge is 0.230 e. The highest BCUT2D eigenvalue weighted by Gasteiger charge is 2.35. The van der Waals surface area contributed by atoms with Gasteiger partial charge in [0.1, 0.15) is 5.82 Å². The summed E-state index contributed by atoms with van der Waals surface area (Å²) in [4.78, 5) is 26.3. The zero-order chi connectivity index (χ0) is 16.6. The van der Waals surface area contributed by atoms with E-state index in [0.29, 0.717) is 12.4 Å². The van der Waals surface area contributed by atoms with E-state index in [0.717, 1.165) is 15.9 Å². The number of benzene rings is 1. The Labute approximate surface area is 142 Å². The molecule has 1 aromatic carbocycles. The van der Waals surface area contributed by atoms with Gasteiger partial charge in [-0.1, -0.05) is 22.0 Å². The average molecular weight is 377 g/mol. The number of amides is 2. The van der Waals surface area contributed by atoms with Gasteiger partial charge in [0.15, 0.2) is 0 Å². The molecule has 1 atom stereocenters. The monoisotopic (exact) mass is 376 g/mol. The Balaban J connectivity index is 1.72. The van der Waals surface area contributed by atoms with Crippen LogP contribution in [0, 0.1) is 12.8 Å². The molecule has 2 aromatic rings. The van der Waals surface area contributed by atoms with Crippen LogP contribution < -0.4 is 10.2 Å². The topological polar surface area (TPSA) is 67.2 Å². The average Bonchev–Trinajstić information content (AvgIpc) is 3.02. The van der Waals surface area contributed by atoms with Gasteiger partial charge >= 0.3 is 0 Å². The summed E-state index contributed by atoms with van der Waals surface area (Å²) in [6, 6.07) is 9.33. The lowest BCUT2D eigenvalue weighted by molar-refractivity contribution is -0.122. The highest BCUT2D eigenvalue weighted by atomic mass is 79.9. The van der Waals surface area contributed by atoms with E-state index in [4.69, 9.17) is 0 Å². The summed E-state index contributed by atoms with van der Waals surface area (Å²) in [6.45, 7) is 2.25. The molecule has 7 heteroatoms. The molecule has 1 aromatic heterocycles. The number of carbonyl (C=O) groups excluding carboxylic acids is 2. The fraction of sp³-hybridized carbons (Fsp3) is 0.312. The van der Waals surface area contributed by atoms with E-state index in [9.17, 15) is 9.59 Å². The van der Waals surface area contributed by atoms with Gasteiger partial charge < -0.3 is 10.2 Å². The van der Waals surface area contributed by atoms with E-state index < -0.39 is 0 Å².